The Morgan fingerprint density at radius 1 is 1.11 bits per heavy atom. The highest BCUT2D eigenvalue weighted by molar-refractivity contribution is 8.31. The van der Waals surface area contributed by atoms with Crippen LogP contribution in [0, 0.1) is 0 Å². The van der Waals surface area contributed by atoms with Gasteiger partial charge < -0.3 is 5.73 Å². The minimum atomic E-state index is -4.62. The summed E-state index contributed by atoms with van der Waals surface area (Å²) >= 11 is 0. The van der Waals surface area contributed by atoms with Gasteiger partial charge in [0.1, 0.15) is 0 Å². The van der Waals surface area contributed by atoms with Gasteiger partial charge in [-0.25, -0.2) is 0 Å². The predicted octanol–water partition coefficient (Wildman–Crippen LogP) is 4.82. The first-order chi connectivity index (χ1) is 12.1. The number of anilines is 1. The van der Waals surface area contributed by atoms with Gasteiger partial charge in [0.25, 0.3) is 5.82 Å². The molecule has 12 heteroatoms. The molecule has 2 N–H and O–H groups in total. The van der Waals surface area contributed by atoms with E-state index in [9.17, 15) is 13.2 Å². The lowest BCUT2D eigenvalue weighted by molar-refractivity contribution is -0.144. The molecule has 1 heterocycles. The van der Waals surface area contributed by atoms with E-state index in [0.717, 1.165) is 15.8 Å². The molecule has 0 bridgehead atoms. The first kappa shape index (κ1) is 23.5. The molecule has 6 nitrogen and oxygen atoms in total. The molecule has 0 radical (unpaired) electrons. The van der Waals surface area contributed by atoms with Crippen LogP contribution in [0.1, 0.15) is 56.5 Å². The molecular weight excluding hydrogens is 428 g/mol. The predicted molar refractivity (Wildman–Crippen MR) is 99.6 cm³/mol. The Bertz CT molecular complexity index is 889. The Morgan fingerprint density at radius 2 is 1.63 bits per heavy atom. The maximum atomic E-state index is 12.7. The molecule has 0 aliphatic rings. The van der Waals surface area contributed by atoms with E-state index in [1.165, 1.54) is 0 Å². The number of hydrogen-bond donors (Lipinski definition) is 1. The Balaban J connectivity index is 0.000000646. The van der Waals surface area contributed by atoms with Crippen molar-refractivity contribution in [3.8, 4) is 5.69 Å². The average molecular weight is 447 g/mol. The zero-order valence-corrected chi connectivity index (χ0v) is 17.2. The van der Waals surface area contributed by atoms with E-state index in [4.69, 9.17) is 14.2 Å². The van der Waals surface area contributed by atoms with Crippen LogP contribution in [-0.2, 0) is 14.4 Å². The molecule has 27 heavy (non-hydrogen) atoms. The minimum absolute atomic E-state index is 0.117. The van der Waals surface area contributed by atoms with Crippen LogP contribution in [0.5, 0.6) is 0 Å². The van der Waals surface area contributed by atoms with Gasteiger partial charge in [0, 0.05) is 21.4 Å². The first-order valence-electron chi connectivity index (χ1n) is 7.69. The molecule has 0 aliphatic carbocycles. The normalized spacial score (nSPS) is 12.3. The molecule has 0 unspecified atom stereocenters. The highest BCUT2D eigenvalue weighted by atomic mass is 36.0. The molecule has 1 aromatic carbocycles. The summed E-state index contributed by atoms with van der Waals surface area (Å²) in [7, 11) is 4.81. The van der Waals surface area contributed by atoms with Crippen molar-refractivity contribution in [1.29, 1.82) is 0 Å². The number of alkyl halides is 3. The van der Waals surface area contributed by atoms with E-state index in [2.05, 4.69) is 45.3 Å². The third kappa shape index (κ3) is 7.19. The summed E-state index contributed by atoms with van der Waals surface area (Å²) < 4.78 is 57.6. The van der Waals surface area contributed by atoms with E-state index >= 15 is 0 Å². The summed E-state index contributed by atoms with van der Waals surface area (Å²) in [4.78, 5) is 3.32. The Morgan fingerprint density at radius 3 is 2.00 bits per heavy atom. The van der Waals surface area contributed by atoms with Crippen LogP contribution in [0.15, 0.2) is 18.2 Å². The van der Waals surface area contributed by atoms with Gasteiger partial charge >= 0.3 is 14.4 Å². The second-order valence-electron chi connectivity index (χ2n) is 6.21. The maximum absolute atomic E-state index is 12.7. The molecule has 0 aliphatic heterocycles. The number of nitrogen functional groups attached to an aromatic ring is 1. The van der Waals surface area contributed by atoms with Gasteiger partial charge in [-0.3, -0.25) is 0 Å². The second-order valence-corrected chi connectivity index (χ2v) is 9.88. The maximum Gasteiger partial charge on any atom is 0.453 e. The third-order valence-corrected chi connectivity index (χ3v) is 3.45. The van der Waals surface area contributed by atoms with E-state index in [-0.39, 0.29) is 11.9 Å². The van der Waals surface area contributed by atoms with Crippen molar-refractivity contribution in [3.05, 3.63) is 35.2 Å². The van der Waals surface area contributed by atoms with Crippen molar-refractivity contribution in [3.63, 3.8) is 0 Å². The number of aromatic nitrogens is 3. The Kier molecular flexibility index (Phi) is 7.54. The van der Waals surface area contributed by atoms with Gasteiger partial charge in [-0.05, 0) is 29.0 Å². The average Bonchev–Trinajstić information content (AvgIpc) is 2.86. The molecule has 1 aromatic heterocycles. The summed E-state index contributed by atoms with van der Waals surface area (Å²) in [6.07, 6.45) is -4.62. The lowest BCUT2D eigenvalue weighted by Gasteiger charge is -2.16. The monoisotopic (exact) mass is 446 g/mol. The fourth-order valence-electron chi connectivity index (χ4n) is 2.21. The van der Waals surface area contributed by atoms with Crippen LogP contribution < -0.4 is 5.73 Å². The summed E-state index contributed by atoms with van der Waals surface area (Å²) in [5.74, 6) is -1.06. The van der Waals surface area contributed by atoms with Crippen molar-refractivity contribution in [1.82, 2.24) is 14.8 Å². The van der Waals surface area contributed by atoms with Gasteiger partial charge in [-0.1, -0.05) is 39.8 Å². The molecule has 0 saturated heterocycles. The highest BCUT2D eigenvalue weighted by Crippen LogP contribution is 2.31. The standard InChI is InChI=1S/C15H19F3N4.Cl2O2S/c1-8(2)10-5-6-12(11(7-10)9(3)4)22-14(19)20-13(21-22)15(16,17)18;1-5(2,3)4/h5-9H,1-4H3,(H2,19,20,21);. The molecule has 2 aromatic rings. The Labute approximate surface area is 164 Å². The van der Waals surface area contributed by atoms with Crippen LogP contribution in [0.3, 0.4) is 0 Å². The van der Waals surface area contributed by atoms with Gasteiger partial charge in [0.15, 0.2) is 0 Å². The van der Waals surface area contributed by atoms with Crippen LogP contribution in [0.2, 0.25) is 0 Å². The summed E-state index contributed by atoms with van der Waals surface area (Å²) in [5.41, 5.74) is 8.15. The zero-order chi connectivity index (χ0) is 21.2. The Hall–Kier alpha value is -1.52. The lowest BCUT2D eigenvalue weighted by Crippen LogP contribution is -2.10. The van der Waals surface area contributed by atoms with Gasteiger partial charge in [-0.15, -0.1) is 5.10 Å². The van der Waals surface area contributed by atoms with Crippen LogP contribution in [0.25, 0.3) is 5.69 Å². The van der Waals surface area contributed by atoms with Gasteiger partial charge in [-0.2, -0.15) is 31.3 Å². The van der Waals surface area contributed by atoms with Crippen LogP contribution >= 0.6 is 21.4 Å². The topological polar surface area (TPSA) is 90.9 Å². The van der Waals surface area contributed by atoms with Crippen LogP contribution in [0.4, 0.5) is 19.1 Å². The van der Waals surface area contributed by atoms with Crippen molar-refractivity contribution in [2.75, 3.05) is 5.73 Å². The van der Waals surface area contributed by atoms with Crippen LogP contribution in [-0.4, -0.2) is 23.2 Å². The molecule has 0 amide bonds. The molecule has 0 saturated carbocycles. The van der Waals surface area contributed by atoms with Crippen molar-refractivity contribution in [2.24, 2.45) is 0 Å². The van der Waals surface area contributed by atoms with E-state index in [0.29, 0.717) is 11.6 Å². The minimum Gasteiger partial charge on any atom is -0.368 e. The molecular formula is C15H19Cl2F3N4O2S. The van der Waals surface area contributed by atoms with Crippen molar-refractivity contribution < 1.29 is 21.6 Å². The number of nitrogens with zero attached hydrogens (tertiary/aromatic N) is 3. The fraction of sp³-hybridized carbons (Fsp3) is 0.467. The largest absolute Gasteiger partial charge is 0.453 e. The van der Waals surface area contributed by atoms with E-state index in [1.807, 2.05) is 26.0 Å². The summed E-state index contributed by atoms with van der Waals surface area (Å²) in [6.45, 7) is 8.07. The summed E-state index contributed by atoms with van der Waals surface area (Å²) in [6, 6.07) is 5.61. The first-order valence-corrected chi connectivity index (χ1v) is 10.8. The number of benzene rings is 1. The molecule has 0 atom stereocenters. The number of halogens is 5. The fourth-order valence-corrected chi connectivity index (χ4v) is 2.21. The number of nitrogens with two attached hydrogens (primary N) is 1. The van der Waals surface area contributed by atoms with E-state index in [1.54, 1.807) is 6.07 Å². The lowest BCUT2D eigenvalue weighted by atomic mass is 9.94. The van der Waals surface area contributed by atoms with Gasteiger partial charge in [0.05, 0.1) is 5.69 Å². The SMILES string of the molecule is CC(C)c1ccc(-n2nc(C(F)(F)F)nc2N)c(C(C)C)c1.O=S(=O)(Cl)Cl. The molecule has 0 spiro atoms. The molecule has 152 valence electrons. The molecule has 2 rings (SSSR count). The van der Waals surface area contributed by atoms with Crippen molar-refractivity contribution >= 4 is 35.6 Å². The summed E-state index contributed by atoms with van der Waals surface area (Å²) in [5, 5.41) is 3.52. The number of hydrogen-bond acceptors (Lipinski definition) is 5. The van der Waals surface area contributed by atoms with Crippen molar-refractivity contribution in [2.45, 2.75) is 45.7 Å². The quantitative estimate of drug-likeness (QED) is 0.681. The number of rotatable bonds is 3. The van der Waals surface area contributed by atoms with Gasteiger partial charge in [0.2, 0.25) is 5.95 Å². The highest BCUT2D eigenvalue weighted by Gasteiger charge is 2.37. The second kappa shape index (κ2) is 8.66. The smallest absolute Gasteiger partial charge is 0.368 e. The molecule has 0 fully saturated rings. The third-order valence-electron chi connectivity index (χ3n) is 3.45. The zero-order valence-electron chi connectivity index (χ0n) is 14.9. The van der Waals surface area contributed by atoms with E-state index < -0.39 is 20.3 Å².